The molecule has 2 N–H and O–H groups in total. The number of nitrogens with zero attached hydrogens (tertiary/aromatic N) is 1. The second-order valence-corrected chi connectivity index (χ2v) is 4.21. The van der Waals surface area contributed by atoms with Crippen LogP contribution in [-0.4, -0.2) is 52.5 Å². The van der Waals surface area contributed by atoms with Crippen molar-refractivity contribution in [3.05, 3.63) is 0 Å². The van der Waals surface area contributed by atoms with Gasteiger partial charge in [-0.2, -0.15) is 14.9 Å². The van der Waals surface area contributed by atoms with Crippen LogP contribution in [-0.2, 0) is 9.59 Å². The molecule has 0 aromatic heterocycles. The van der Waals surface area contributed by atoms with E-state index in [2.05, 4.69) is 10.3 Å². The molecule has 0 radical (unpaired) electrons. The molecule has 0 aromatic carbocycles. The second kappa shape index (κ2) is 8.26. The van der Waals surface area contributed by atoms with Crippen molar-refractivity contribution in [2.45, 2.75) is 40.0 Å². The molecule has 3 unspecified atom stereocenters. The van der Waals surface area contributed by atoms with Crippen molar-refractivity contribution < 1.29 is 14.7 Å². The number of amides is 2. The van der Waals surface area contributed by atoms with Gasteiger partial charge in [0.25, 0.3) is 11.9 Å². The molecule has 1 rings (SSSR count). The van der Waals surface area contributed by atoms with Gasteiger partial charge >= 0.3 is 29.6 Å². The van der Waals surface area contributed by atoms with Crippen LogP contribution in [0.4, 0.5) is 0 Å². The number of carbonyl (C=O) groups is 2. The van der Waals surface area contributed by atoms with Crippen molar-refractivity contribution in [3.8, 4) is 0 Å². The van der Waals surface area contributed by atoms with Crippen LogP contribution < -0.4 is 5.32 Å². The van der Waals surface area contributed by atoms with Gasteiger partial charge in [0, 0.05) is 0 Å². The maximum atomic E-state index is 11.9. The third kappa shape index (κ3) is 3.53. The van der Waals surface area contributed by atoms with Gasteiger partial charge in [-0.1, -0.05) is 27.2 Å². The molecule has 0 spiro atoms. The van der Waals surface area contributed by atoms with Crippen LogP contribution in [0.25, 0.3) is 0 Å². The number of aliphatic hydroxyl groups is 1. The Hall–Kier alpha value is 0.0400. The first-order chi connectivity index (χ1) is 7.48. The summed E-state index contributed by atoms with van der Waals surface area (Å²) in [5.74, 6) is -1.04. The van der Waals surface area contributed by atoms with Gasteiger partial charge < -0.3 is 5.11 Å². The van der Waals surface area contributed by atoms with E-state index in [0.29, 0.717) is 6.42 Å². The normalized spacial score (nSPS) is 24.3. The van der Waals surface area contributed by atoms with E-state index in [1.165, 1.54) is 0 Å². The number of carbonyl (C=O) groups excluding carboxylic acids is 2. The maximum absolute atomic E-state index is 11.9. The van der Waals surface area contributed by atoms with Gasteiger partial charge in [-0.05, 0) is 18.8 Å². The van der Waals surface area contributed by atoms with E-state index < -0.39 is 23.3 Å². The van der Waals surface area contributed by atoms with Gasteiger partial charge in [0.1, 0.15) is 5.41 Å². The molecule has 1 aliphatic rings. The number of amidine groups is 1. The Labute approximate surface area is 133 Å². The molecule has 0 aliphatic carbocycles. The molecule has 0 saturated carbocycles. The summed E-state index contributed by atoms with van der Waals surface area (Å²) in [4.78, 5) is 27.2. The van der Waals surface area contributed by atoms with Crippen LogP contribution in [0.3, 0.4) is 0 Å². The molecule has 18 heavy (non-hydrogen) atoms. The zero-order chi connectivity index (χ0) is 12.3. The number of nitrogens with one attached hydrogen (secondary N) is 1. The van der Waals surface area contributed by atoms with Gasteiger partial charge in [-0.25, -0.2) is 0 Å². The fourth-order valence-corrected chi connectivity index (χ4v) is 2.31. The summed E-state index contributed by atoms with van der Waals surface area (Å²) >= 11 is 0. The van der Waals surface area contributed by atoms with Gasteiger partial charge in [0.15, 0.2) is 0 Å². The Bertz CT molecular complexity index is 349. The first kappa shape index (κ1) is 20.4. The summed E-state index contributed by atoms with van der Waals surface area (Å²) in [6.45, 7) is 5.68. The van der Waals surface area contributed by atoms with E-state index >= 15 is 0 Å². The average molecular weight is 284 g/mol. The Balaban J connectivity index is 0. The topological polar surface area (TPSA) is 78.8 Å². The standard InChI is InChI=1S/C11H18N2O3.Na.H3P.H/c1-4-6-7(3)11(5-2)8(14)12-10(16)13-9(11)15;;;/h7H,4-6H2,1-3H3,(H2,12,13,14,15,16);;1H3;. The molecular formula is C11H22N2NaO3P. The third-order valence-electron chi connectivity index (χ3n) is 3.34. The fourth-order valence-electron chi connectivity index (χ4n) is 2.31. The monoisotopic (exact) mass is 284 g/mol. The third-order valence-corrected chi connectivity index (χ3v) is 3.34. The zero-order valence-corrected chi connectivity index (χ0v) is 12.0. The van der Waals surface area contributed by atoms with Crippen LogP contribution in [0.5, 0.6) is 0 Å². The summed E-state index contributed by atoms with van der Waals surface area (Å²) in [6, 6.07) is -0.595. The number of rotatable bonds is 4. The number of aliphatic hydroxyl groups excluding tert-OH is 1. The van der Waals surface area contributed by atoms with E-state index in [0.717, 1.165) is 12.8 Å². The quantitative estimate of drug-likeness (QED) is 0.455. The van der Waals surface area contributed by atoms with Crippen molar-refractivity contribution in [2.75, 3.05) is 0 Å². The van der Waals surface area contributed by atoms with E-state index in [1.54, 1.807) is 6.92 Å². The van der Waals surface area contributed by atoms with Crippen molar-refractivity contribution in [2.24, 2.45) is 16.3 Å². The predicted molar refractivity (Wildman–Crippen MR) is 78.3 cm³/mol. The van der Waals surface area contributed by atoms with Crippen LogP contribution in [0.2, 0.25) is 0 Å². The van der Waals surface area contributed by atoms with Crippen LogP contribution in [0, 0.1) is 11.3 Å². The van der Waals surface area contributed by atoms with Gasteiger partial charge in [0.2, 0.25) is 5.91 Å². The SMILES string of the molecule is CCCC(C)C1(CC)C(=O)N=C(O)NC1=O.P.[NaH]. The van der Waals surface area contributed by atoms with Gasteiger partial charge in [-0.15, -0.1) is 0 Å². The molecule has 7 heteroatoms. The van der Waals surface area contributed by atoms with Gasteiger partial charge in [0.05, 0.1) is 0 Å². The molecule has 0 saturated heterocycles. The van der Waals surface area contributed by atoms with Crippen LogP contribution in [0.1, 0.15) is 40.0 Å². The van der Waals surface area contributed by atoms with Crippen molar-refractivity contribution in [1.82, 2.24) is 5.32 Å². The Morgan fingerprint density at radius 2 is 1.94 bits per heavy atom. The number of aliphatic imine (C=N–C) groups is 1. The first-order valence-corrected chi connectivity index (χ1v) is 5.62. The summed E-state index contributed by atoms with van der Waals surface area (Å²) in [5, 5.41) is 11.3. The Kier molecular flexibility index (Phi) is 9.34. The van der Waals surface area contributed by atoms with E-state index in [-0.39, 0.29) is 45.4 Å². The second-order valence-electron chi connectivity index (χ2n) is 4.21. The molecule has 1 heterocycles. The molecule has 0 fully saturated rings. The molecule has 1 aliphatic heterocycles. The summed E-state index contributed by atoms with van der Waals surface area (Å²) in [5.41, 5.74) is -1.11. The van der Waals surface area contributed by atoms with Gasteiger partial charge in [-0.3, -0.25) is 14.9 Å². The average Bonchev–Trinajstić information content (AvgIpc) is 2.18. The molecule has 2 amide bonds. The van der Waals surface area contributed by atoms with Crippen LogP contribution in [0.15, 0.2) is 4.99 Å². The summed E-state index contributed by atoms with van der Waals surface area (Å²) < 4.78 is 0. The van der Waals surface area contributed by atoms with Crippen LogP contribution >= 0.6 is 9.90 Å². The first-order valence-electron chi connectivity index (χ1n) is 5.62. The fraction of sp³-hybridized carbons (Fsp3) is 0.727. The predicted octanol–water partition coefficient (Wildman–Crippen LogP) is 0.799. The van der Waals surface area contributed by atoms with E-state index in [4.69, 9.17) is 5.11 Å². The Morgan fingerprint density at radius 3 is 2.33 bits per heavy atom. The van der Waals surface area contributed by atoms with E-state index in [1.807, 2.05) is 13.8 Å². The van der Waals surface area contributed by atoms with Crippen molar-refractivity contribution >= 4 is 57.3 Å². The molecule has 0 aromatic rings. The minimum atomic E-state index is -1.11. The molecule has 3 atom stereocenters. The molecule has 5 nitrogen and oxygen atoms in total. The number of hydrogen-bond acceptors (Lipinski definition) is 2. The molecule has 0 bridgehead atoms. The van der Waals surface area contributed by atoms with Crippen molar-refractivity contribution in [3.63, 3.8) is 0 Å². The summed E-state index contributed by atoms with van der Waals surface area (Å²) in [7, 11) is 0. The Morgan fingerprint density at radius 1 is 1.39 bits per heavy atom. The van der Waals surface area contributed by atoms with E-state index in [9.17, 15) is 9.59 Å². The molecule has 100 valence electrons. The minimum absolute atomic E-state index is 0. The zero-order valence-electron chi connectivity index (χ0n) is 10.6. The number of hydrogen-bond donors (Lipinski definition) is 2. The van der Waals surface area contributed by atoms with Crippen molar-refractivity contribution in [1.29, 1.82) is 0 Å². The summed E-state index contributed by atoms with van der Waals surface area (Å²) in [6.07, 6.45) is 2.08. The molecular weight excluding hydrogens is 262 g/mol.